The molecule has 4 nitrogen and oxygen atoms in total. The number of amides is 2. The molecule has 24 heavy (non-hydrogen) atoms. The lowest BCUT2D eigenvalue weighted by Gasteiger charge is -2.37. The monoisotopic (exact) mass is 349 g/mol. The van der Waals surface area contributed by atoms with Crippen LogP contribution in [-0.2, 0) is 6.54 Å². The number of nitrogens with one attached hydrogen (secondary N) is 1. The summed E-state index contributed by atoms with van der Waals surface area (Å²) < 4.78 is 0. The van der Waals surface area contributed by atoms with Crippen molar-refractivity contribution in [2.75, 3.05) is 19.6 Å². The molecule has 1 unspecified atom stereocenters. The van der Waals surface area contributed by atoms with Crippen LogP contribution in [0, 0.1) is 0 Å². The average Bonchev–Trinajstić information content (AvgIpc) is 2.59. The van der Waals surface area contributed by atoms with Gasteiger partial charge in [-0.3, -0.25) is 4.90 Å². The van der Waals surface area contributed by atoms with Gasteiger partial charge in [0.1, 0.15) is 0 Å². The van der Waals surface area contributed by atoms with E-state index in [9.17, 15) is 4.79 Å². The van der Waals surface area contributed by atoms with Gasteiger partial charge >= 0.3 is 6.03 Å². The molecule has 0 radical (unpaired) electrons. The van der Waals surface area contributed by atoms with Crippen molar-refractivity contribution < 1.29 is 4.79 Å². The van der Waals surface area contributed by atoms with Gasteiger partial charge in [0.15, 0.2) is 0 Å². The zero-order valence-electron chi connectivity index (χ0n) is 14.5. The van der Waals surface area contributed by atoms with E-state index in [0.29, 0.717) is 12.1 Å². The maximum absolute atomic E-state index is 12.5. The number of likely N-dealkylation sites (tertiary alicyclic amines) is 2. The highest BCUT2D eigenvalue weighted by atomic mass is 35.5. The highest BCUT2D eigenvalue weighted by molar-refractivity contribution is 6.30. The summed E-state index contributed by atoms with van der Waals surface area (Å²) in [6.45, 7) is 6.09. The summed E-state index contributed by atoms with van der Waals surface area (Å²) in [7, 11) is 0. The first kappa shape index (κ1) is 17.6. The van der Waals surface area contributed by atoms with Crippen LogP contribution in [0.5, 0.6) is 0 Å². The largest absolute Gasteiger partial charge is 0.335 e. The van der Waals surface area contributed by atoms with Crippen molar-refractivity contribution in [1.82, 2.24) is 15.1 Å². The highest BCUT2D eigenvalue weighted by Gasteiger charge is 2.26. The average molecular weight is 350 g/mol. The Labute approximate surface area is 150 Å². The molecule has 2 aliphatic heterocycles. The van der Waals surface area contributed by atoms with Crippen LogP contribution >= 0.6 is 11.6 Å². The number of halogens is 1. The molecule has 2 saturated heterocycles. The van der Waals surface area contributed by atoms with Gasteiger partial charge in [-0.05, 0) is 56.7 Å². The Hall–Kier alpha value is -1.26. The molecular formula is C19H28ClN3O. The summed E-state index contributed by atoms with van der Waals surface area (Å²) in [5.41, 5.74) is 1.30. The molecule has 2 amide bonds. The Morgan fingerprint density at radius 3 is 2.50 bits per heavy atom. The first-order chi connectivity index (χ1) is 11.6. The summed E-state index contributed by atoms with van der Waals surface area (Å²) in [6.07, 6.45) is 5.57. The summed E-state index contributed by atoms with van der Waals surface area (Å²) in [5.74, 6) is 0. The molecule has 132 valence electrons. The molecular weight excluding hydrogens is 322 g/mol. The van der Waals surface area contributed by atoms with Gasteiger partial charge in [-0.15, -0.1) is 0 Å². The second kappa shape index (κ2) is 8.21. The molecule has 2 fully saturated rings. The van der Waals surface area contributed by atoms with Crippen LogP contribution in [0.1, 0.15) is 44.6 Å². The third-order valence-corrected chi connectivity index (χ3v) is 5.55. The zero-order chi connectivity index (χ0) is 16.9. The van der Waals surface area contributed by atoms with E-state index in [-0.39, 0.29) is 6.03 Å². The molecule has 0 saturated carbocycles. The second-order valence-electron chi connectivity index (χ2n) is 7.16. The van der Waals surface area contributed by atoms with Gasteiger partial charge in [-0.25, -0.2) is 4.79 Å². The molecule has 0 bridgehead atoms. The topological polar surface area (TPSA) is 35.6 Å². The van der Waals surface area contributed by atoms with Gasteiger partial charge < -0.3 is 10.2 Å². The predicted octanol–water partition coefficient (Wildman–Crippen LogP) is 3.89. The molecule has 1 aromatic carbocycles. The fourth-order valence-corrected chi connectivity index (χ4v) is 3.87. The Bertz CT molecular complexity index is 540. The highest BCUT2D eigenvalue weighted by Crippen LogP contribution is 2.19. The number of nitrogens with zero attached hydrogens (tertiary/aromatic N) is 2. The molecule has 1 atom stereocenters. The van der Waals surface area contributed by atoms with Crippen molar-refractivity contribution in [2.45, 2.75) is 57.7 Å². The minimum Gasteiger partial charge on any atom is -0.335 e. The number of carbonyl (C=O) groups is 1. The number of rotatable bonds is 3. The van der Waals surface area contributed by atoms with Crippen LogP contribution in [0.2, 0.25) is 5.02 Å². The maximum atomic E-state index is 12.5. The fraction of sp³-hybridized carbons (Fsp3) is 0.632. The normalized spacial score (nSPS) is 23.2. The van der Waals surface area contributed by atoms with E-state index in [1.165, 1.54) is 12.0 Å². The summed E-state index contributed by atoms with van der Waals surface area (Å²) in [5, 5.41) is 4.04. The minimum atomic E-state index is 0.137. The van der Waals surface area contributed by atoms with Gasteiger partial charge in [0.05, 0.1) is 0 Å². The zero-order valence-corrected chi connectivity index (χ0v) is 15.3. The predicted molar refractivity (Wildman–Crippen MR) is 98.3 cm³/mol. The summed E-state index contributed by atoms with van der Waals surface area (Å²) in [4.78, 5) is 16.9. The van der Waals surface area contributed by atoms with Crippen molar-refractivity contribution in [3.63, 3.8) is 0 Å². The first-order valence-corrected chi connectivity index (χ1v) is 9.53. The minimum absolute atomic E-state index is 0.137. The molecule has 3 rings (SSSR count). The maximum Gasteiger partial charge on any atom is 0.317 e. The molecule has 5 heteroatoms. The number of carbonyl (C=O) groups excluding carboxylic acids is 1. The molecule has 1 aromatic rings. The standard InChI is InChI=1S/C19H28ClN3O/c1-15-4-2-3-11-23(15)19(24)21-18-9-12-22(13-10-18)14-16-5-7-17(20)8-6-16/h5-8,15,18H,2-4,9-14H2,1H3,(H,21,24). The quantitative estimate of drug-likeness (QED) is 0.898. The second-order valence-corrected chi connectivity index (χ2v) is 7.60. The van der Waals surface area contributed by atoms with E-state index in [1.54, 1.807) is 0 Å². The Balaban J connectivity index is 1.43. The summed E-state index contributed by atoms with van der Waals surface area (Å²) in [6, 6.07) is 8.91. The van der Waals surface area contributed by atoms with Crippen molar-refractivity contribution in [1.29, 1.82) is 0 Å². The first-order valence-electron chi connectivity index (χ1n) is 9.16. The lowest BCUT2D eigenvalue weighted by molar-refractivity contribution is 0.143. The Morgan fingerprint density at radius 1 is 1.12 bits per heavy atom. The van der Waals surface area contributed by atoms with E-state index in [4.69, 9.17) is 11.6 Å². The molecule has 0 aromatic heterocycles. The number of urea groups is 1. The van der Waals surface area contributed by atoms with Crippen LogP contribution in [0.25, 0.3) is 0 Å². The number of hydrogen-bond donors (Lipinski definition) is 1. The fourth-order valence-electron chi connectivity index (χ4n) is 3.74. The molecule has 0 aliphatic carbocycles. The van der Waals surface area contributed by atoms with Crippen LogP contribution in [0.4, 0.5) is 4.79 Å². The summed E-state index contributed by atoms with van der Waals surface area (Å²) >= 11 is 5.94. The van der Waals surface area contributed by atoms with Gasteiger partial charge in [0, 0.05) is 43.3 Å². The van der Waals surface area contributed by atoms with E-state index in [2.05, 4.69) is 29.3 Å². The van der Waals surface area contributed by atoms with E-state index in [0.717, 1.165) is 56.9 Å². The third-order valence-electron chi connectivity index (χ3n) is 5.30. The molecule has 1 N–H and O–H groups in total. The number of piperidine rings is 2. The van der Waals surface area contributed by atoms with E-state index >= 15 is 0 Å². The third kappa shape index (κ3) is 4.64. The van der Waals surface area contributed by atoms with Crippen LogP contribution in [-0.4, -0.2) is 47.5 Å². The van der Waals surface area contributed by atoms with Crippen molar-refractivity contribution in [3.05, 3.63) is 34.9 Å². The van der Waals surface area contributed by atoms with Gasteiger partial charge in [0.25, 0.3) is 0 Å². The molecule has 2 aliphatic rings. The van der Waals surface area contributed by atoms with Crippen molar-refractivity contribution >= 4 is 17.6 Å². The molecule has 0 spiro atoms. The van der Waals surface area contributed by atoms with Gasteiger partial charge in [-0.2, -0.15) is 0 Å². The van der Waals surface area contributed by atoms with Gasteiger partial charge in [-0.1, -0.05) is 23.7 Å². The SMILES string of the molecule is CC1CCCCN1C(=O)NC1CCN(Cc2ccc(Cl)cc2)CC1. The van der Waals surface area contributed by atoms with Crippen molar-refractivity contribution in [2.24, 2.45) is 0 Å². The number of hydrogen-bond acceptors (Lipinski definition) is 2. The van der Waals surface area contributed by atoms with Crippen LogP contribution in [0.3, 0.4) is 0 Å². The van der Waals surface area contributed by atoms with Gasteiger partial charge in [0.2, 0.25) is 0 Å². The van der Waals surface area contributed by atoms with Crippen molar-refractivity contribution in [3.8, 4) is 0 Å². The van der Waals surface area contributed by atoms with E-state index in [1.807, 2.05) is 17.0 Å². The lowest BCUT2D eigenvalue weighted by Crippen LogP contribution is -2.52. The Morgan fingerprint density at radius 2 is 1.83 bits per heavy atom. The lowest BCUT2D eigenvalue weighted by atomic mass is 10.0. The number of benzene rings is 1. The van der Waals surface area contributed by atoms with Crippen LogP contribution < -0.4 is 5.32 Å². The Kier molecular flexibility index (Phi) is 6.01. The smallest absolute Gasteiger partial charge is 0.317 e. The molecule has 2 heterocycles. The van der Waals surface area contributed by atoms with E-state index < -0.39 is 0 Å². The van der Waals surface area contributed by atoms with Crippen LogP contribution in [0.15, 0.2) is 24.3 Å².